The van der Waals surface area contributed by atoms with Gasteiger partial charge in [-0.15, -0.1) is 0 Å². The minimum atomic E-state index is -0.321. The Morgan fingerprint density at radius 1 is 1.00 bits per heavy atom. The first kappa shape index (κ1) is 21.4. The molecule has 0 bridgehead atoms. The van der Waals surface area contributed by atoms with Crippen molar-refractivity contribution in [3.05, 3.63) is 12.2 Å². The number of quaternary nitrogens is 1. The zero-order valence-electron chi connectivity index (χ0n) is 16.5. The Kier molecular flexibility index (Phi) is 11.3. The second-order valence-electron chi connectivity index (χ2n) is 7.28. The van der Waals surface area contributed by atoms with Crippen LogP contribution in [-0.2, 0) is 0 Å². The first-order valence-corrected chi connectivity index (χ1v) is 10.4. The van der Waals surface area contributed by atoms with E-state index in [1.807, 2.05) is 6.92 Å². The molecule has 1 rings (SSSR count). The summed E-state index contributed by atoms with van der Waals surface area (Å²) in [7, 11) is 0. The van der Waals surface area contributed by atoms with Crippen LogP contribution in [0.5, 0.6) is 0 Å². The second-order valence-corrected chi connectivity index (χ2v) is 7.28. The van der Waals surface area contributed by atoms with E-state index in [0.717, 1.165) is 26.1 Å². The quantitative estimate of drug-likeness (QED) is 0.255. The normalized spacial score (nSPS) is 22.2. The SMILES string of the molecule is CCCCCC/C=C/CCCCCCC1=NCC[N+]1(CC)C(C)O. The fourth-order valence-corrected chi connectivity index (χ4v) is 3.76. The Balaban J connectivity index is 2.05. The number of aliphatic imine (C=N–C) groups is 1. The summed E-state index contributed by atoms with van der Waals surface area (Å²) < 4.78 is 0.709. The monoisotopic (exact) mass is 337 g/mol. The third-order valence-electron chi connectivity index (χ3n) is 5.50. The van der Waals surface area contributed by atoms with Crippen molar-refractivity contribution in [1.82, 2.24) is 0 Å². The van der Waals surface area contributed by atoms with Crippen molar-refractivity contribution in [3.63, 3.8) is 0 Å². The number of rotatable bonds is 14. The summed E-state index contributed by atoms with van der Waals surface area (Å²) in [5.41, 5.74) is 0. The van der Waals surface area contributed by atoms with Crippen molar-refractivity contribution < 1.29 is 9.59 Å². The average molecular weight is 338 g/mol. The van der Waals surface area contributed by atoms with Gasteiger partial charge >= 0.3 is 0 Å². The van der Waals surface area contributed by atoms with Gasteiger partial charge in [0, 0.05) is 13.3 Å². The largest absolute Gasteiger partial charge is 0.345 e. The van der Waals surface area contributed by atoms with Gasteiger partial charge in [0.05, 0.1) is 13.1 Å². The maximum Gasteiger partial charge on any atom is 0.200 e. The molecule has 0 aliphatic carbocycles. The molecule has 1 N–H and O–H groups in total. The fourth-order valence-electron chi connectivity index (χ4n) is 3.76. The lowest BCUT2D eigenvalue weighted by Gasteiger charge is -2.36. The highest BCUT2D eigenvalue weighted by atomic mass is 16.3. The average Bonchev–Trinajstić information content (AvgIpc) is 3.00. The van der Waals surface area contributed by atoms with E-state index in [4.69, 9.17) is 0 Å². The molecule has 0 aromatic heterocycles. The smallest absolute Gasteiger partial charge is 0.200 e. The molecule has 0 aromatic rings. The Hall–Kier alpha value is -0.670. The van der Waals surface area contributed by atoms with E-state index in [-0.39, 0.29) is 6.23 Å². The van der Waals surface area contributed by atoms with Crippen molar-refractivity contribution in [2.75, 3.05) is 19.6 Å². The topological polar surface area (TPSA) is 32.6 Å². The van der Waals surface area contributed by atoms with E-state index in [0.29, 0.717) is 4.48 Å². The van der Waals surface area contributed by atoms with Crippen LogP contribution in [0.25, 0.3) is 0 Å². The first-order valence-electron chi connectivity index (χ1n) is 10.4. The maximum absolute atomic E-state index is 10.1. The van der Waals surface area contributed by atoms with Crippen LogP contribution < -0.4 is 0 Å². The van der Waals surface area contributed by atoms with Crippen LogP contribution in [0.4, 0.5) is 0 Å². The van der Waals surface area contributed by atoms with Gasteiger partial charge in [-0.1, -0.05) is 51.2 Å². The van der Waals surface area contributed by atoms with E-state index in [9.17, 15) is 5.11 Å². The lowest BCUT2D eigenvalue weighted by Crippen LogP contribution is -2.56. The van der Waals surface area contributed by atoms with Crippen LogP contribution in [0.15, 0.2) is 17.1 Å². The third kappa shape index (κ3) is 7.06. The molecule has 3 heteroatoms. The minimum absolute atomic E-state index is 0.321. The van der Waals surface area contributed by atoms with Gasteiger partial charge in [-0.05, 0) is 39.0 Å². The second kappa shape index (κ2) is 12.7. The molecule has 140 valence electrons. The molecule has 1 aliphatic rings. The van der Waals surface area contributed by atoms with Gasteiger partial charge in [-0.3, -0.25) is 4.48 Å². The Labute approximate surface area is 150 Å². The zero-order valence-corrected chi connectivity index (χ0v) is 16.5. The van der Waals surface area contributed by atoms with Gasteiger partial charge in [0.1, 0.15) is 6.54 Å². The zero-order chi connectivity index (χ0) is 17.7. The van der Waals surface area contributed by atoms with Gasteiger partial charge in [-0.2, -0.15) is 0 Å². The molecule has 2 atom stereocenters. The highest BCUT2D eigenvalue weighted by Crippen LogP contribution is 2.22. The van der Waals surface area contributed by atoms with Crippen LogP contribution in [0.3, 0.4) is 0 Å². The molecule has 0 saturated carbocycles. The summed E-state index contributed by atoms with van der Waals surface area (Å²) in [5.74, 6) is 1.24. The molecule has 2 unspecified atom stereocenters. The molecule has 24 heavy (non-hydrogen) atoms. The number of amidine groups is 1. The van der Waals surface area contributed by atoms with Crippen molar-refractivity contribution >= 4 is 5.84 Å². The van der Waals surface area contributed by atoms with Crippen molar-refractivity contribution in [2.24, 2.45) is 4.99 Å². The summed E-state index contributed by atoms with van der Waals surface area (Å²) in [4.78, 5) is 4.69. The predicted molar refractivity (Wildman–Crippen MR) is 105 cm³/mol. The van der Waals surface area contributed by atoms with Crippen molar-refractivity contribution in [1.29, 1.82) is 0 Å². The number of hydrogen-bond donors (Lipinski definition) is 1. The van der Waals surface area contributed by atoms with Gasteiger partial charge in [0.25, 0.3) is 0 Å². The lowest BCUT2D eigenvalue weighted by atomic mass is 10.1. The number of allylic oxidation sites excluding steroid dienone is 2. The summed E-state index contributed by atoms with van der Waals surface area (Å²) in [6, 6.07) is 0. The number of nitrogens with zero attached hydrogens (tertiary/aromatic N) is 2. The summed E-state index contributed by atoms with van der Waals surface area (Å²) in [5, 5.41) is 10.1. The van der Waals surface area contributed by atoms with E-state index in [2.05, 4.69) is 31.0 Å². The lowest BCUT2D eigenvalue weighted by molar-refractivity contribution is -0.882. The highest BCUT2D eigenvalue weighted by molar-refractivity contribution is 5.76. The van der Waals surface area contributed by atoms with Crippen molar-refractivity contribution in [2.45, 2.75) is 97.6 Å². The Morgan fingerprint density at radius 2 is 1.62 bits per heavy atom. The van der Waals surface area contributed by atoms with Crippen LogP contribution >= 0.6 is 0 Å². The number of unbranched alkanes of at least 4 members (excludes halogenated alkanes) is 8. The molecule has 0 spiro atoms. The molecule has 0 aromatic carbocycles. The van der Waals surface area contributed by atoms with E-state index in [1.54, 1.807) is 0 Å². The summed E-state index contributed by atoms with van der Waals surface area (Å²) >= 11 is 0. The summed E-state index contributed by atoms with van der Waals surface area (Å²) in [6.45, 7) is 9.17. The highest BCUT2D eigenvalue weighted by Gasteiger charge is 2.40. The number of aliphatic hydroxyl groups is 1. The third-order valence-corrected chi connectivity index (χ3v) is 5.50. The molecule has 3 nitrogen and oxygen atoms in total. The number of aliphatic hydroxyl groups excluding tert-OH is 1. The minimum Gasteiger partial charge on any atom is -0.345 e. The molecule has 0 radical (unpaired) electrons. The first-order chi connectivity index (χ1) is 11.7. The molecule has 0 fully saturated rings. The Morgan fingerprint density at radius 3 is 2.21 bits per heavy atom. The van der Waals surface area contributed by atoms with E-state index in [1.165, 1.54) is 70.0 Å². The predicted octanol–water partition coefficient (Wildman–Crippen LogP) is 5.44. The molecular weight excluding hydrogens is 296 g/mol. The summed E-state index contributed by atoms with van der Waals surface area (Å²) in [6.07, 6.45) is 18.5. The van der Waals surface area contributed by atoms with E-state index < -0.39 is 0 Å². The van der Waals surface area contributed by atoms with Crippen LogP contribution in [0.1, 0.15) is 91.4 Å². The van der Waals surface area contributed by atoms with Gasteiger partial charge in [0.2, 0.25) is 5.84 Å². The maximum atomic E-state index is 10.1. The van der Waals surface area contributed by atoms with Crippen LogP contribution in [0.2, 0.25) is 0 Å². The molecule has 1 heterocycles. The molecular formula is C21H41N2O+. The fraction of sp³-hybridized carbons (Fsp3) is 0.857. The van der Waals surface area contributed by atoms with Crippen LogP contribution in [-0.4, -0.2) is 41.3 Å². The van der Waals surface area contributed by atoms with Gasteiger partial charge < -0.3 is 5.11 Å². The van der Waals surface area contributed by atoms with Gasteiger partial charge in [0.15, 0.2) is 6.23 Å². The molecule has 0 amide bonds. The number of likely N-dealkylation sites (N-methyl/N-ethyl adjacent to an activating group) is 1. The van der Waals surface area contributed by atoms with E-state index >= 15 is 0 Å². The van der Waals surface area contributed by atoms with Gasteiger partial charge in [-0.25, -0.2) is 4.99 Å². The Bertz CT molecular complexity index is 376. The molecule has 0 saturated heterocycles. The molecule has 1 aliphatic heterocycles. The van der Waals surface area contributed by atoms with Crippen molar-refractivity contribution in [3.8, 4) is 0 Å². The van der Waals surface area contributed by atoms with Crippen LogP contribution in [0, 0.1) is 0 Å². The number of hydrogen-bond acceptors (Lipinski definition) is 2. The standard InChI is InChI=1S/C21H41N2O/c1-4-6-7-8-9-10-11-12-13-14-15-16-17-21-22-18-19-23(21,5-2)20(3)24/h10-11,20,24H,4-9,12-19H2,1-3H3/q+1/b11-10+.